The van der Waals surface area contributed by atoms with E-state index in [1.807, 2.05) is 6.92 Å². The normalized spacial score (nSPS) is 17.4. The number of esters is 1. The molecule has 1 aliphatic carbocycles. The molecule has 0 aromatic heterocycles. The highest BCUT2D eigenvalue weighted by molar-refractivity contribution is 6.05. The molecule has 1 fully saturated rings. The van der Waals surface area contributed by atoms with Crippen LogP contribution in [0.2, 0.25) is 0 Å². The molecule has 0 bridgehead atoms. The maximum atomic E-state index is 12.5. The molecule has 2 atom stereocenters. The largest absolute Gasteiger partial charge is 0.482 e. The minimum Gasteiger partial charge on any atom is -0.482 e. The lowest BCUT2D eigenvalue weighted by molar-refractivity contribution is -0.142. The molecule has 146 valence electrons. The molecule has 2 aromatic rings. The van der Waals surface area contributed by atoms with Gasteiger partial charge in [-0.2, -0.15) is 0 Å². The van der Waals surface area contributed by atoms with Gasteiger partial charge in [0.15, 0.2) is 6.61 Å². The zero-order valence-electron chi connectivity index (χ0n) is 15.7. The molecule has 3 rings (SSSR count). The molecule has 1 aliphatic rings. The van der Waals surface area contributed by atoms with Crippen LogP contribution in [0.1, 0.15) is 23.7 Å². The van der Waals surface area contributed by atoms with Crippen LogP contribution >= 0.6 is 0 Å². The summed E-state index contributed by atoms with van der Waals surface area (Å²) in [7, 11) is 1.28. The quantitative estimate of drug-likeness (QED) is 0.718. The number of benzene rings is 2. The van der Waals surface area contributed by atoms with Crippen LogP contribution in [0.4, 0.5) is 11.4 Å². The zero-order valence-corrected chi connectivity index (χ0v) is 15.7. The summed E-state index contributed by atoms with van der Waals surface area (Å²) in [6.45, 7) is 1.83. The molecule has 0 saturated heterocycles. The van der Waals surface area contributed by atoms with Gasteiger partial charge in [-0.25, -0.2) is 4.79 Å². The lowest BCUT2D eigenvalue weighted by atomic mass is 10.1. The SMILES string of the molecule is COC(=O)COc1cccc(NC(=O)c2cccc(NC(=O)C3CC3C)c2)c1. The van der Waals surface area contributed by atoms with Gasteiger partial charge in [0.25, 0.3) is 5.91 Å². The third-order valence-electron chi connectivity index (χ3n) is 4.51. The van der Waals surface area contributed by atoms with Crippen LogP contribution in [0.15, 0.2) is 48.5 Å². The standard InChI is InChI=1S/C21H22N2O5/c1-13-9-18(13)21(26)23-15-6-3-5-14(10-15)20(25)22-16-7-4-8-17(11-16)28-12-19(24)27-2/h3-8,10-11,13,18H,9,12H2,1-2H3,(H,22,25)(H,23,26). The number of hydrogen-bond acceptors (Lipinski definition) is 5. The Hall–Kier alpha value is -3.35. The Balaban J connectivity index is 1.62. The molecule has 7 heteroatoms. The Labute approximate surface area is 163 Å². The first-order valence-corrected chi connectivity index (χ1v) is 8.98. The number of anilines is 2. The molecule has 0 spiro atoms. The summed E-state index contributed by atoms with van der Waals surface area (Å²) >= 11 is 0. The van der Waals surface area contributed by atoms with Crippen molar-refractivity contribution in [2.75, 3.05) is 24.4 Å². The summed E-state index contributed by atoms with van der Waals surface area (Å²) in [6.07, 6.45) is 0.903. The van der Waals surface area contributed by atoms with Crippen LogP contribution in [0.5, 0.6) is 5.75 Å². The Morgan fingerprint density at radius 3 is 2.39 bits per heavy atom. The number of nitrogens with one attached hydrogen (secondary N) is 2. The molecule has 0 radical (unpaired) electrons. The second-order valence-electron chi connectivity index (χ2n) is 6.74. The molecular formula is C21H22N2O5. The molecule has 28 heavy (non-hydrogen) atoms. The van der Waals surface area contributed by atoms with Crippen LogP contribution in [-0.4, -0.2) is 31.5 Å². The van der Waals surface area contributed by atoms with Crippen molar-refractivity contribution in [2.24, 2.45) is 11.8 Å². The minimum atomic E-state index is -0.492. The van der Waals surface area contributed by atoms with Crippen molar-refractivity contribution in [1.29, 1.82) is 0 Å². The number of rotatable bonds is 7. The lowest BCUT2D eigenvalue weighted by Crippen LogP contribution is -2.16. The van der Waals surface area contributed by atoms with Gasteiger partial charge in [-0.3, -0.25) is 9.59 Å². The van der Waals surface area contributed by atoms with Crippen molar-refractivity contribution in [1.82, 2.24) is 0 Å². The zero-order chi connectivity index (χ0) is 20.1. The molecule has 2 aromatic carbocycles. The van der Waals surface area contributed by atoms with E-state index in [1.54, 1.807) is 48.5 Å². The Bertz CT molecular complexity index is 896. The van der Waals surface area contributed by atoms with Crippen LogP contribution in [0.3, 0.4) is 0 Å². The average Bonchev–Trinajstić information content (AvgIpc) is 3.43. The molecule has 2 amide bonds. The van der Waals surface area contributed by atoms with Crippen molar-refractivity contribution < 1.29 is 23.9 Å². The topological polar surface area (TPSA) is 93.7 Å². The molecule has 2 N–H and O–H groups in total. The number of amides is 2. The van der Waals surface area contributed by atoms with Crippen molar-refractivity contribution in [2.45, 2.75) is 13.3 Å². The van der Waals surface area contributed by atoms with Gasteiger partial charge in [0.1, 0.15) is 5.75 Å². The van der Waals surface area contributed by atoms with E-state index in [2.05, 4.69) is 15.4 Å². The monoisotopic (exact) mass is 382 g/mol. The fraction of sp³-hybridized carbons (Fsp3) is 0.286. The first kappa shape index (κ1) is 19.4. The van der Waals surface area contributed by atoms with Crippen LogP contribution in [0, 0.1) is 11.8 Å². The fourth-order valence-electron chi connectivity index (χ4n) is 2.73. The van der Waals surface area contributed by atoms with E-state index in [-0.39, 0.29) is 24.3 Å². The first-order chi connectivity index (χ1) is 13.5. The predicted molar refractivity (Wildman–Crippen MR) is 104 cm³/mol. The Morgan fingerprint density at radius 2 is 1.71 bits per heavy atom. The van der Waals surface area contributed by atoms with Crippen molar-refractivity contribution >= 4 is 29.2 Å². The van der Waals surface area contributed by atoms with Crippen LogP contribution in [0.25, 0.3) is 0 Å². The van der Waals surface area contributed by atoms with E-state index in [1.165, 1.54) is 7.11 Å². The second-order valence-corrected chi connectivity index (χ2v) is 6.74. The summed E-state index contributed by atoms with van der Waals surface area (Å²) in [5, 5.41) is 5.63. The van der Waals surface area contributed by atoms with Crippen molar-refractivity contribution in [3.63, 3.8) is 0 Å². The molecule has 0 heterocycles. The number of hydrogen-bond donors (Lipinski definition) is 2. The van der Waals surface area contributed by atoms with E-state index in [0.717, 1.165) is 6.42 Å². The Kier molecular flexibility index (Phi) is 5.93. The van der Waals surface area contributed by atoms with E-state index in [0.29, 0.717) is 28.6 Å². The number of carbonyl (C=O) groups excluding carboxylic acids is 3. The van der Waals surface area contributed by atoms with Gasteiger partial charge in [-0.05, 0) is 42.7 Å². The van der Waals surface area contributed by atoms with Gasteiger partial charge >= 0.3 is 5.97 Å². The molecule has 2 unspecified atom stereocenters. The van der Waals surface area contributed by atoms with Gasteiger partial charge in [0.05, 0.1) is 7.11 Å². The van der Waals surface area contributed by atoms with Gasteiger partial charge in [-0.15, -0.1) is 0 Å². The molecule has 0 aliphatic heterocycles. The number of ether oxygens (including phenoxy) is 2. The highest BCUT2D eigenvalue weighted by atomic mass is 16.6. The second kappa shape index (κ2) is 8.56. The van der Waals surface area contributed by atoms with Crippen molar-refractivity contribution in [3.8, 4) is 5.75 Å². The van der Waals surface area contributed by atoms with Gasteiger partial charge < -0.3 is 20.1 Å². The maximum absolute atomic E-state index is 12.5. The third-order valence-corrected chi connectivity index (χ3v) is 4.51. The Morgan fingerprint density at radius 1 is 1.04 bits per heavy atom. The van der Waals surface area contributed by atoms with E-state index in [9.17, 15) is 14.4 Å². The highest BCUT2D eigenvalue weighted by Gasteiger charge is 2.39. The summed E-state index contributed by atoms with van der Waals surface area (Å²) in [5.74, 6) is 0.0866. The molecular weight excluding hydrogens is 360 g/mol. The molecule has 1 saturated carbocycles. The van der Waals surface area contributed by atoms with Gasteiger partial charge in [-0.1, -0.05) is 19.1 Å². The van der Waals surface area contributed by atoms with Gasteiger partial charge in [0, 0.05) is 28.9 Å². The summed E-state index contributed by atoms with van der Waals surface area (Å²) in [5.41, 5.74) is 1.53. The van der Waals surface area contributed by atoms with E-state index in [4.69, 9.17) is 4.74 Å². The fourth-order valence-corrected chi connectivity index (χ4v) is 2.73. The van der Waals surface area contributed by atoms with Crippen LogP contribution in [-0.2, 0) is 14.3 Å². The highest BCUT2D eigenvalue weighted by Crippen LogP contribution is 2.38. The smallest absolute Gasteiger partial charge is 0.343 e. The van der Waals surface area contributed by atoms with E-state index >= 15 is 0 Å². The van der Waals surface area contributed by atoms with E-state index < -0.39 is 5.97 Å². The third kappa shape index (κ3) is 5.09. The average molecular weight is 382 g/mol. The van der Waals surface area contributed by atoms with Crippen LogP contribution < -0.4 is 15.4 Å². The summed E-state index contributed by atoms with van der Waals surface area (Å²) in [6, 6.07) is 13.5. The van der Waals surface area contributed by atoms with Gasteiger partial charge in [0.2, 0.25) is 5.91 Å². The van der Waals surface area contributed by atoms with Crippen molar-refractivity contribution in [3.05, 3.63) is 54.1 Å². The first-order valence-electron chi connectivity index (χ1n) is 8.98. The maximum Gasteiger partial charge on any atom is 0.343 e. The number of carbonyl (C=O) groups is 3. The molecule has 7 nitrogen and oxygen atoms in total. The number of methoxy groups -OCH3 is 1. The predicted octanol–water partition coefficient (Wildman–Crippen LogP) is 3.09. The minimum absolute atomic E-state index is 0.0134. The summed E-state index contributed by atoms with van der Waals surface area (Å²) in [4.78, 5) is 35.8. The lowest BCUT2D eigenvalue weighted by Gasteiger charge is -2.10. The summed E-state index contributed by atoms with van der Waals surface area (Å²) < 4.78 is 9.84.